The zero-order valence-electron chi connectivity index (χ0n) is 10.9. The lowest BCUT2D eigenvalue weighted by Crippen LogP contribution is -2.32. The topological polar surface area (TPSA) is 35.2 Å². The molecule has 20 heavy (non-hydrogen) atoms. The van der Waals surface area contributed by atoms with Crippen LogP contribution in [0.5, 0.6) is 5.75 Å². The third-order valence-corrected chi connectivity index (χ3v) is 3.72. The lowest BCUT2D eigenvalue weighted by atomic mass is 9.89. The van der Waals surface area contributed by atoms with E-state index in [0.717, 1.165) is 23.4 Å². The molecule has 1 aliphatic heterocycles. The maximum atomic E-state index is 13.7. The van der Waals surface area contributed by atoms with E-state index in [1.807, 2.05) is 24.3 Å². The fourth-order valence-electron chi connectivity index (χ4n) is 2.64. The third-order valence-electron chi connectivity index (χ3n) is 3.72. The van der Waals surface area contributed by atoms with Crippen molar-refractivity contribution in [3.8, 4) is 5.75 Å². The molecule has 3 rings (SSSR count). The smallest absolute Gasteiger partial charge is 0.126 e. The van der Waals surface area contributed by atoms with Gasteiger partial charge in [0.15, 0.2) is 0 Å². The van der Waals surface area contributed by atoms with E-state index in [1.165, 1.54) is 6.07 Å². The van der Waals surface area contributed by atoms with Gasteiger partial charge in [-0.05, 0) is 36.2 Å². The maximum absolute atomic E-state index is 13.7. The summed E-state index contributed by atoms with van der Waals surface area (Å²) in [5.74, 6) is -0.0349. The summed E-state index contributed by atoms with van der Waals surface area (Å²) < 4.78 is 32.4. The molecular weight excluding hydrogens is 260 g/mol. The van der Waals surface area contributed by atoms with E-state index in [-0.39, 0.29) is 18.4 Å². The van der Waals surface area contributed by atoms with Gasteiger partial charge in [-0.1, -0.05) is 18.2 Å². The number of hydrogen-bond donors (Lipinski definition) is 1. The average Bonchev–Trinajstić information content (AvgIpc) is 2.87. The van der Waals surface area contributed by atoms with Crippen molar-refractivity contribution >= 4 is 0 Å². The molecule has 2 nitrogen and oxygen atoms in total. The second-order valence-corrected chi connectivity index (χ2v) is 5.06. The average molecular weight is 275 g/mol. The highest BCUT2D eigenvalue weighted by molar-refractivity contribution is 5.41. The van der Waals surface area contributed by atoms with Crippen molar-refractivity contribution in [2.45, 2.75) is 18.4 Å². The number of ether oxygens (including phenoxy) is 1. The first kappa shape index (κ1) is 13.1. The van der Waals surface area contributed by atoms with Gasteiger partial charge in [-0.25, -0.2) is 8.78 Å². The van der Waals surface area contributed by atoms with Gasteiger partial charge < -0.3 is 10.5 Å². The molecule has 104 valence electrons. The molecule has 2 aromatic carbocycles. The second-order valence-electron chi connectivity index (χ2n) is 5.06. The minimum Gasteiger partial charge on any atom is -0.493 e. The number of halogens is 2. The molecule has 0 amide bonds. The van der Waals surface area contributed by atoms with Gasteiger partial charge in [0.05, 0.1) is 6.61 Å². The van der Waals surface area contributed by atoms with Crippen molar-refractivity contribution < 1.29 is 13.5 Å². The van der Waals surface area contributed by atoms with Gasteiger partial charge in [0.2, 0.25) is 0 Å². The van der Waals surface area contributed by atoms with E-state index in [2.05, 4.69) is 0 Å². The lowest BCUT2D eigenvalue weighted by Gasteiger charge is -2.18. The van der Waals surface area contributed by atoms with Crippen molar-refractivity contribution in [3.63, 3.8) is 0 Å². The van der Waals surface area contributed by atoms with Gasteiger partial charge >= 0.3 is 0 Å². The van der Waals surface area contributed by atoms with E-state index < -0.39 is 11.6 Å². The molecule has 2 atom stereocenters. The van der Waals surface area contributed by atoms with E-state index in [1.54, 1.807) is 0 Å². The maximum Gasteiger partial charge on any atom is 0.126 e. The van der Waals surface area contributed by atoms with Gasteiger partial charge in [0, 0.05) is 17.5 Å². The number of nitrogens with two attached hydrogens (primary N) is 1. The first-order valence-electron chi connectivity index (χ1n) is 6.56. The fraction of sp³-hybridized carbons (Fsp3) is 0.250. The van der Waals surface area contributed by atoms with Crippen LogP contribution in [0.1, 0.15) is 17.0 Å². The highest BCUT2D eigenvalue weighted by atomic mass is 19.1. The van der Waals surface area contributed by atoms with Crippen LogP contribution >= 0.6 is 0 Å². The van der Waals surface area contributed by atoms with E-state index >= 15 is 0 Å². The summed E-state index contributed by atoms with van der Waals surface area (Å²) in [5.41, 5.74) is 7.52. The van der Waals surface area contributed by atoms with Gasteiger partial charge in [0.25, 0.3) is 0 Å². The zero-order valence-corrected chi connectivity index (χ0v) is 10.9. The van der Waals surface area contributed by atoms with Crippen LogP contribution in [0.15, 0.2) is 42.5 Å². The monoisotopic (exact) mass is 275 g/mol. The molecule has 0 saturated carbocycles. The van der Waals surface area contributed by atoms with Crippen LogP contribution in [0.25, 0.3) is 0 Å². The van der Waals surface area contributed by atoms with E-state index in [4.69, 9.17) is 10.5 Å². The molecule has 0 aromatic heterocycles. The lowest BCUT2D eigenvalue weighted by molar-refractivity contribution is 0.312. The second kappa shape index (κ2) is 5.21. The molecule has 0 saturated heterocycles. The standard InChI is InChI=1S/C16H15F2NO/c17-11-5-6-14(18)10(7-11)8-15(19)13-9-20-16-4-2-1-3-12(13)16/h1-7,13,15H,8-9,19H2. The summed E-state index contributed by atoms with van der Waals surface area (Å²) in [6.07, 6.45) is 0.284. The molecule has 0 fully saturated rings. The Morgan fingerprint density at radius 2 is 2.00 bits per heavy atom. The highest BCUT2D eigenvalue weighted by Crippen LogP contribution is 2.35. The summed E-state index contributed by atoms with van der Waals surface area (Å²) in [7, 11) is 0. The minimum atomic E-state index is -0.448. The Hall–Kier alpha value is -1.94. The molecule has 1 heterocycles. The third kappa shape index (κ3) is 2.39. The number of fused-ring (bicyclic) bond motifs is 1. The largest absolute Gasteiger partial charge is 0.493 e. The SMILES string of the molecule is NC(Cc1cc(F)ccc1F)C1COc2ccccc21. The molecule has 2 aromatic rings. The van der Waals surface area contributed by atoms with Crippen LogP contribution in [-0.2, 0) is 6.42 Å². The van der Waals surface area contributed by atoms with Crippen molar-refractivity contribution in [2.75, 3.05) is 6.61 Å². The zero-order chi connectivity index (χ0) is 14.1. The molecule has 2 N–H and O–H groups in total. The van der Waals surface area contributed by atoms with Gasteiger partial charge in [0.1, 0.15) is 17.4 Å². The van der Waals surface area contributed by atoms with Crippen molar-refractivity contribution in [2.24, 2.45) is 5.73 Å². The number of benzene rings is 2. The number of hydrogen-bond acceptors (Lipinski definition) is 2. The van der Waals surface area contributed by atoms with Gasteiger partial charge in [-0.15, -0.1) is 0 Å². The predicted octanol–water partition coefficient (Wildman–Crippen LogP) is 3.01. The summed E-state index contributed by atoms with van der Waals surface area (Å²) in [6.45, 7) is 0.484. The first-order valence-corrected chi connectivity index (χ1v) is 6.56. The van der Waals surface area contributed by atoms with Crippen LogP contribution in [0.3, 0.4) is 0 Å². The van der Waals surface area contributed by atoms with Gasteiger partial charge in [-0.2, -0.15) is 0 Å². The predicted molar refractivity (Wildman–Crippen MR) is 72.7 cm³/mol. The van der Waals surface area contributed by atoms with Crippen LogP contribution in [0.2, 0.25) is 0 Å². The van der Waals surface area contributed by atoms with E-state index in [0.29, 0.717) is 12.2 Å². The normalized spacial score (nSPS) is 18.4. The Morgan fingerprint density at radius 3 is 2.85 bits per heavy atom. The van der Waals surface area contributed by atoms with Crippen LogP contribution in [-0.4, -0.2) is 12.6 Å². The Bertz CT molecular complexity index is 630. The number of rotatable bonds is 3. The fourth-order valence-corrected chi connectivity index (χ4v) is 2.64. The van der Waals surface area contributed by atoms with Crippen molar-refractivity contribution in [3.05, 3.63) is 65.2 Å². The quantitative estimate of drug-likeness (QED) is 0.934. The van der Waals surface area contributed by atoms with Crippen LogP contribution in [0, 0.1) is 11.6 Å². The molecule has 1 aliphatic rings. The molecule has 2 unspecified atom stereocenters. The Kier molecular flexibility index (Phi) is 3.40. The Labute approximate surface area is 116 Å². The van der Waals surface area contributed by atoms with Crippen LogP contribution in [0.4, 0.5) is 8.78 Å². The highest BCUT2D eigenvalue weighted by Gasteiger charge is 2.29. The van der Waals surface area contributed by atoms with E-state index in [9.17, 15) is 8.78 Å². The Morgan fingerprint density at radius 1 is 1.20 bits per heavy atom. The van der Waals surface area contributed by atoms with Gasteiger partial charge in [-0.3, -0.25) is 0 Å². The van der Waals surface area contributed by atoms with Crippen LogP contribution < -0.4 is 10.5 Å². The Balaban J connectivity index is 1.81. The molecule has 4 heteroatoms. The molecule has 0 aliphatic carbocycles. The molecule has 0 bridgehead atoms. The number of para-hydroxylation sites is 1. The molecule has 0 radical (unpaired) electrons. The summed E-state index contributed by atoms with van der Waals surface area (Å²) in [5, 5.41) is 0. The first-order chi connectivity index (χ1) is 9.65. The summed E-state index contributed by atoms with van der Waals surface area (Å²) in [4.78, 5) is 0. The molecular formula is C16H15F2NO. The van der Waals surface area contributed by atoms with Crippen molar-refractivity contribution in [1.82, 2.24) is 0 Å². The summed E-state index contributed by atoms with van der Waals surface area (Å²) >= 11 is 0. The molecule has 0 spiro atoms. The minimum absolute atomic E-state index is 0.00821. The summed E-state index contributed by atoms with van der Waals surface area (Å²) in [6, 6.07) is 10.8. The van der Waals surface area contributed by atoms with Crippen molar-refractivity contribution in [1.29, 1.82) is 0 Å².